The SMILES string of the molecule is O=C(CCl)OCN1C(=O)CN(CCN2CC(=O)N(COC(=O)CCl)C(=O)C2)CC1=O. The van der Waals surface area contributed by atoms with Crippen LogP contribution in [0.3, 0.4) is 0 Å². The molecule has 0 aliphatic carbocycles. The second-order valence-corrected chi connectivity index (χ2v) is 6.95. The maximum atomic E-state index is 12.1. The van der Waals surface area contributed by atoms with Gasteiger partial charge in [-0.15, -0.1) is 23.2 Å². The number of amides is 4. The fourth-order valence-electron chi connectivity index (χ4n) is 2.73. The number of hydrogen-bond acceptors (Lipinski definition) is 10. The molecule has 30 heavy (non-hydrogen) atoms. The minimum absolute atomic E-state index is 0.0829. The lowest BCUT2D eigenvalue weighted by Crippen LogP contribution is -2.58. The number of halogens is 2. The summed E-state index contributed by atoms with van der Waals surface area (Å²) in [6.45, 7) is -0.794. The number of imide groups is 2. The number of hydrogen-bond donors (Lipinski definition) is 0. The van der Waals surface area contributed by atoms with E-state index in [1.54, 1.807) is 9.80 Å². The molecule has 2 rings (SSSR count). The van der Waals surface area contributed by atoms with Gasteiger partial charge in [0, 0.05) is 13.1 Å². The lowest BCUT2D eigenvalue weighted by atomic mass is 10.2. The van der Waals surface area contributed by atoms with Crippen molar-refractivity contribution in [2.24, 2.45) is 0 Å². The molecule has 0 aromatic rings. The van der Waals surface area contributed by atoms with Crippen LogP contribution in [0, 0.1) is 0 Å². The number of carbonyl (C=O) groups excluding carboxylic acids is 6. The van der Waals surface area contributed by atoms with Gasteiger partial charge in [0.15, 0.2) is 13.5 Å². The summed E-state index contributed by atoms with van der Waals surface area (Å²) in [5.74, 6) is -4.40. The number of nitrogens with zero attached hydrogens (tertiary/aromatic N) is 4. The van der Waals surface area contributed by atoms with E-state index in [9.17, 15) is 28.8 Å². The van der Waals surface area contributed by atoms with Crippen molar-refractivity contribution in [2.75, 3.05) is 64.5 Å². The molecule has 0 spiro atoms. The minimum Gasteiger partial charge on any atom is -0.443 e. The summed E-state index contributed by atoms with van der Waals surface area (Å²) in [6, 6.07) is 0. The van der Waals surface area contributed by atoms with Crippen LogP contribution >= 0.6 is 23.2 Å². The van der Waals surface area contributed by atoms with E-state index in [0.29, 0.717) is 0 Å². The summed E-state index contributed by atoms with van der Waals surface area (Å²) >= 11 is 10.6. The van der Waals surface area contributed by atoms with E-state index in [2.05, 4.69) is 0 Å². The van der Waals surface area contributed by atoms with E-state index in [0.717, 1.165) is 9.80 Å². The van der Waals surface area contributed by atoms with Crippen LogP contribution in [0.25, 0.3) is 0 Å². The minimum atomic E-state index is -0.745. The van der Waals surface area contributed by atoms with Crippen molar-refractivity contribution in [2.45, 2.75) is 0 Å². The van der Waals surface area contributed by atoms with Gasteiger partial charge in [-0.05, 0) is 0 Å². The van der Waals surface area contributed by atoms with Gasteiger partial charge in [-0.3, -0.25) is 38.6 Å². The molecule has 2 heterocycles. The summed E-state index contributed by atoms with van der Waals surface area (Å²) in [5, 5.41) is 0. The van der Waals surface area contributed by atoms with E-state index in [-0.39, 0.29) is 51.0 Å². The third-order valence-corrected chi connectivity index (χ3v) is 4.74. The van der Waals surface area contributed by atoms with Crippen molar-refractivity contribution >= 4 is 58.8 Å². The Kier molecular flexibility index (Phi) is 8.96. The third-order valence-electron chi connectivity index (χ3n) is 4.30. The molecule has 0 radical (unpaired) electrons. The monoisotopic (exact) mass is 466 g/mol. The summed E-state index contributed by atoms with van der Waals surface area (Å²) in [4.78, 5) is 75.4. The first kappa shape index (κ1) is 24.0. The molecule has 12 nitrogen and oxygen atoms in total. The lowest BCUT2D eigenvalue weighted by molar-refractivity contribution is -0.166. The summed E-state index contributed by atoms with van der Waals surface area (Å²) in [7, 11) is 0. The van der Waals surface area contributed by atoms with Crippen molar-refractivity contribution in [3.63, 3.8) is 0 Å². The Labute approximate surface area is 181 Å². The molecule has 0 N–H and O–H groups in total. The molecule has 0 atom stereocenters. The zero-order chi connectivity index (χ0) is 22.3. The predicted octanol–water partition coefficient (Wildman–Crippen LogP) is -2.19. The third kappa shape index (κ3) is 6.62. The van der Waals surface area contributed by atoms with Gasteiger partial charge in [-0.2, -0.15) is 0 Å². The first-order chi connectivity index (χ1) is 14.2. The topological polar surface area (TPSA) is 134 Å². The Morgan fingerprint density at radius 3 is 1.23 bits per heavy atom. The number of ether oxygens (including phenoxy) is 2. The zero-order valence-corrected chi connectivity index (χ0v) is 17.4. The molecule has 0 saturated carbocycles. The second kappa shape index (κ2) is 11.2. The van der Waals surface area contributed by atoms with Gasteiger partial charge >= 0.3 is 11.9 Å². The number of carbonyl (C=O) groups is 6. The van der Waals surface area contributed by atoms with Crippen molar-refractivity contribution < 1.29 is 38.2 Å². The summed E-state index contributed by atoms with van der Waals surface area (Å²) in [5.41, 5.74) is 0. The van der Waals surface area contributed by atoms with Crippen LogP contribution in [-0.4, -0.2) is 120 Å². The highest BCUT2D eigenvalue weighted by molar-refractivity contribution is 6.26. The smallest absolute Gasteiger partial charge is 0.322 e. The first-order valence-corrected chi connectivity index (χ1v) is 9.86. The van der Waals surface area contributed by atoms with Crippen molar-refractivity contribution in [3.8, 4) is 0 Å². The summed E-state index contributed by atoms with van der Waals surface area (Å²) in [6.07, 6.45) is 0. The van der Waals surface area contributed by atoms with Crippen molar-refractivity contribution in [1.29, 1.82) is 0 Å². The molecule has 166 valence electrons. The quantitative estimate of drug-likeness (QED) is 0.209. The molecule has 2 fully saturated rings. The van der Waals surface area contributed by atoms with Crippen molar-refractivity contribution in [1.82, 2.24) is 19.6 Å². The fourth-order valence-corrected chi connectivity index (χ4v) is 2.89. The Morgan fingerprint density at radius 1 is 0.667 bits per heavy atom. The van der Waals surface area contributed by atoms with Crippen LogP contribution in [-0.2, 0) is 38.2 Å². The highest BCUT2D eigenvalue weighted by atomic mass is 35.5. The summed E-state index contributed by atoms with van der Waals surface area (Å²) < 4.78 is 9.41. The van der Waals surface area contributed by atoms with Crippen LogP contribution in [0.2, 0.25) is 0 Å². The molecule has 14 heteroatoms. The number of alkyl halides is 2. The molecule has 2 saturated heterocycles. The highest BCUT2D eigenvalue weighted by Crippen LogP contribution is 2.09. The van der Waals surface area contributed by atoms with E-state index in [4.69, 9.17) is 32.7 Å². The van der Waals surface area contributed by atoms with Crippen LogP contribution < -0.4 is 0 Å². The standard InChI is InChI=1S/C16H20Cl2N4O8/c17-3-15(27)29-9-21-11(23)5-19(6-12(21)24)1-2-20-7-13(25)22(14(26)8-20)10-30-16(28)4-18/h1-10H2. The normalized spacial score (nSPS) is 18.7. The molecular formula is C16H20Cl2N4O8. The highest BCUT2D eigenvalue weighted by Gasteiger charge is 2.34. The maximum absolute atomic E-state index is 12.1. The van der Waals surface area contributed by atoms with E-state index in [1.807, 2.05) is 0 Å². The van der Waals surface area contributed by atoms with Gasteiger partial charge in [0.2, 0.25) is 23.6 Å². The van der Waals surface area contributed by atoms with Crippen LogP contribution in [0.15, 0.2) is 0 Å². The molecule has 0 bridgehead atoms. The van der Waals surface area contributed by atoms with Crippen molar-refractivity contribution in [3.05, 3.63) is 0 Å². The van der Waals surface area contributed by atoms with Gasteiger partial charge < -0.3 is 9.47 Å². The molecule has 4 amide bonds. The molecule has 2 aliphatic heterocycles. The van der Waals surface area contributed by atoms with Crippen LogP contribution in [0.4, 0.5) is 0 Å². The van der Waals surface area contributed by atoms with Gasteiger partial charge in [0.25, 0.3) is 0 Å². The van der Waals surface area contributed by atoms with Crippen LogP contribution in [0.1, 0.15) is 0 Å². The largest absolute Gasteiger partial charge is 0.443 e. The average molecular weight is 467 g/mol. The Bertz CT molecular complexity index is 638. The lowest BCUT2D eigenvalue weighted by Gasteiger charge is -2.35. The van der Waals surface area contributed by atoms with E-state index in [1.165, 1.54) is 0 Å². The van der Waals surface area contributed by atoms with E-state index >= 15 is 0 Å². The molecular weight excluding hydrogens is 447 g/mol. The number of esters is 2. The average Bonchev–Trinajstić information content (AvgIpc) is 2.70. The Hall–Kier alpha value is -2.28. The second-order valence-electron chi connectivity index (χ2n) is 6.41. The molecule has 0 aromatic heterocycles. The van der Waals surface area contributed by atoms with E-state index < -0.39 is 49.0 Å². The number of rotatable bonds is 9. The number of piperazine rings is 2. The van der Waals surface area contributed by atoms with Gasteiger partial charge in [0.1, 0.15) is 11.8 Å². The maximum Gasteiger partial charge on any atom is 0.322 e. The Morgan fingerprint density at radius 2 is 0.967 bits per heavy atom. The molecule has 0 aromatic carbocycles. The first-order valence-electron chi connectivity index (χ1n) is 8.79. The predicted molar refractivity (Wildman–Crippen MR) is 99.9 cm³/mol. The molecule has 0 unspecified atom stereocenters. The van der Waals surface area contributed by atoms with Gasteiger partial charge in [0.05, 0.1) is 26.2 Å². The molecule has 2 aliphatic rings. The van der Waals surface area contributed by atoms with Crippen LogP contribution in [0.5, 0.6) is 0 Å². The fraction of sp³-hybridized carbons (Fsp3) is 0.625. The van der Waals surface area contributed by atoms with Gasteiger partial charge in [-0.1, -0.05) is 0 Å². The Balaban J connectivity index is 1.79. The zero-order valence-electron chi connectivity index (χ0n) is 15.9. The van der Waals surface area contributed by atoms with Gasteiger partial charge in [-0.25, -0.2) is 9.80 Å².